The molecule has 0 saturated heterocycles. The molecule has 57 heavy (non-hydrogen) atoms. The van der Waals surface area contributed by atoms with Crippen LogP contribution in [0.1, 0.15) is 47.2 Å². The van der Waals surface area contributed by atoms with Crippen LogP contribution >= 0.6 is 0 Å². The Morgan fingerprint density at radius 3 is 1.65 bits per heavy atom. The zero-order valence-corrected chi connectivity index (χ0v) is 31.8. The average Bonchev–Trinajstić information content (AvgIpc) is 3.93. The van der Waals surface area contributed by atoms with Crippen LogP contribution in [0.4, 0.5) is 0 Å². The van der Waals surface area contributed by atoms with Crippen LogP contribution in [0, 0.1) is 0 Å². The van der Waals surface area contributed by atoms with Gasteiger partial charge in [-0.3, -0.25) is 0 Å². The van der Waals surface area contributed by atoms with Gasteiger partial charge in [-0.25, -0.2) is 0 Å². The number of rotatable bonds is 2. The molecule has 10 aromatic rings. The van der Waals surface area contributed by atoms with Crippen molar-refractivity contribution < 1.29 is 0 Å². The highest BCUT2D eigenvalue weighted by Crippen LogP contribution is 2.63. The highest BCUT2D eigenvalue weighted by molar-refractivity contribution is 6.22. The van der Waals surface area contributed by atoms with E-state index in [1.54, 1.807) is 0 Å². The van der Waals surface area contributed by atoms with Crippen LogP contribution in [0.3, 0.4) is 0 Å². The molecule has 0 atom stereocenters. The number of hydrogen-bond donors (Lipinski definition) is 0. The Kier molecular flexibility index (Phi) is 5.96. The highest BCUT2D eigenvalue weighted by atomic mass is 15.0. The van der Waals surface area contributed by atoms with Crippen LogP contribution in [0.2, 0.25) is 0 Å². The van der Waals surface area contributed by atoms with E-state index in [9.17, 15) is 0 Å². The maximum Gasteiger partial charge on any atom is 0.0726 e. The predicted molar refractivity (Wildman–Crippen MR) is 238 cm³/mol. The minimum absolute atomic E-state index is 0.0567. The lowest BCUT2D eigenvalue weighted by atomic mass is 9.70. The van der Waals surface area contributed by atoms with Crippen molar-refractivity contribution in [2.24, 2.45) is 0 Å². The SMILES string of the molecule is CC1(C)c2ccccc2-c2ccc(-c3cccc(-n4c5cc6c(cc5c5c7ccccc7ccc54)-c4ccccc4C64c5ccccc5-c5ccccc54)c3)cc21. The van der Waals surface area contributed by atoms with Gasteiger partial charge in [0.2, 0.25) is 0 Å². The van der Waals surface area contributed by atoms with E-state index in [1.165, 1.54) is 116 Å². The van der Waals surface area contributed by atoms with E-state index in [4.69, 9.17) is 0 Å². The largest absolute Gasteiger partial charge is 0.309 e. The fraction of sp³-hybridized carbons (Fsp3) is 0.0714. The Hall–Kier alpha value is -6.96. The van der Waals surface area contributed by atoms with Crippen molar-refractivity contribution in [1.29, 1.82) is 0 Å². The van der Waals surface area contributed by atoms with E-state index >= 15 is 0 Å². The van der Waals surface area contributed by atoms with Gasteiger partial charge in [-0.15, -0.1) is 0 Å². The molecule has 1 heteroatoms. The highest BCUT2D eigenvalue weighted by Gasteiger charge is 2.51. The molecule has 0 N–H and O–H groups in total. The quantitative estimate of drug-likeness (QED) is 0.167. The van der Waals surface area contributed by atoms with Crippen molar-refractivity contribution in [3.8, 4) is 50.2 Å². The lowest BCUT2D eigenvalue weighted by Crippen LogP contribution is -2.25. The van der Waals surface area contributed by atoms with Crippen LogP contribution in [-0.2, 0) is 10.8 Å². The third kappa shape index (κ3) is 3.84. The number of benzene rings is 9. The third-order valence-corrected chi connectivity index (χ3v) is 13.8. The molecule has 1 aromatic heterocycles. The average molecular weight is 724 g/mol. The molecule has 9 aromatic carbocycles. The number of nitrogens with zero attached hydrogens (tertiary/aromatic N) is 1. The molecule has 0 amide bonds. The van der Waals surface area contributed by atoms with E-state index in [2.05, 4.69) is 206 Å². The lowest BCUT2D eigenvalue weighted by molar-refractivity contribution is 0.660. The van der Waals surface area contributed by atoms with Gasteiger partial charge in [-0.05, 0) is 125 Å². The van der Waals surface area contributed by atoms with Gasteiger partial charge < -0.3 is 4.57 Å². The normalized spacial score (nSPS) is 14.8. The summed E-state index contributed by atoms with van der Waals surface area (Å²) < 4.78 is 2.54. The number of aromatic nitrogens is 1. The Morgan fingerprint density at radius 2 is 0.930 bits per heavy atom. The van der Waals surface area contributed by atoms with Crippen LogP contribution in [0.15, 0.2) is 188 Å². The summed E-state index contributed by atoms with van der Waals surface area (Å²) in [7, 11) is 0. The van der Waals surface area contributed by atoms with Gasteiger partial charge in [0, 0.05) is 21.9 Å². The van der Waals surface area contributed by atoms with Crippen molar-refractivity contribution in [3.63, 3.8) is 0 Å². The van der Waals surface area contributed by atoms with Crippen molar-refractivity contribution in [3.05, 3.63) is 221 Å². The first-order valence-electron chi connectivity index (χ1n) is 20.2. The summed E-state index contributed by atoms with van der Waals surface area (Å²) in [6.45, 7) is 4.73. The summed E-state index contributed by atoms with van der Waals surface area (Å²) in [5, 5.41) is 5.14. The van der Waals surface area contributed by atoms with Crippen LogP contribution < -0.4 is 0 Å². The summed E-state index contributed by atoms with van der Waals surface area (Å²) in [6.07, 6.45) is 0. The second-order valence-electron chi connectivity index (χ2n) is 16.8. The van der Waals surface area contributed by atoms with E-state index < -0.39 is 5.41 Å². The maximum absolute atomic E-state index is 2.56. The van der Waals surface area contributed by atoms with Crippen molar-refractivity contribution in [2.45, 2.75) is 24.7 Å². The van der Waals surface area contributed by atoms with Gasteiger partial charge in [0.1, 0.15) is 0 Å². The van der Waals surface area contributed by atoms with Gasteiger partial charge in [0.05, 0.1) is 16.4 Å². The molecule has 0 radical (unpaired) electrons. The van der Waals surface area contributed by atoms with Crippen molar-refractivity contribution in [2.75, 3.05) is 0 Å². The van der Waals surface area contributed by atoms with Gasteiger partial charge >= 0.3 is 0 Å². The molecule has 1 nitrogen and oxygen atoms in total. The number of hydrogen-bond acceptors (Lipinski definition) is 0. The second kappa shape index (κ2) is 10.9. The summed E-state index contributed by atoms with van der Waals surface area (Å²) in [4.78, 5) is 0. The van der Waals surface area contributed by atoms with E-state index in [0.717, 1.165) is 0 Å². The molecule has 1 heterocycles. The summed E-state index contributed by atoms with van der Waals surface area (Å²) in [5.41, 5.74) is 21.9. The van der Waals surface area contributed by atoms with E-state index in [0.29, 0.717) is 0 Å². The smallest absolute Gasteiger partial charge is 0.0726 e. The molecule has 3 aliphatic carbocycles. The minimum atomic E-state index is -0.409. The monoisotopic (exact) mass is 723 g/mol. The van der Waals surface area contributed by atoms with E-state index in [-0.39, 0.29) is 5.41 Å². The fourth-order valence-electron chi connectivity index (χ4n) is 11.4. The Labute approximate surface area is 332 Å². The van der Waals surface area contributed by atoms with Gasteiger partial charge in [-0.2, -0.15) is 0 Å². The zero-order chi connectivity index (χ0) is 37.6. The Balaban J connectivity index is 1.10. The van der Waals surface area contributed by atoms with Crippen LogP contribution in [-0.4, -0.2) is 4.57 Å². The topological polar surface area (TPSA) is 4.93 Å². The first kappa shape index (κ1) is 31.3. The molecule has 0 bridgehead atoms. The third-order valence-electron chi connectivity index (χ3n) is 13.8. The Morgan fingerprint density at radius 1 is 0.351 bits per heavy atom. The molecule has 0 saturated carbocycles. The molecular weight excluding hydrogens is 687 g/mol. The maximum atomic E-state index is 2.56. The summed E-state index contributed by atoms with van der Waals surface area (Å²) in [6, 6.07) is 71.2. The molecule has 13 rings (SSSR count). The van der Waals surface area contributed by atoms with Crippen molar-refractivity contribution >= 4 is 32.6 Å². The minimum Gasteiger partial charge on any atom is -0.309 e. The van der Waals surface area contributed by atoms with Gasteiger partial charge in [0.15, 0.2) is 0 Å². The molecule has 0 unspecified atom stereocenters. The van der Waals surface area contributed by atoms with Gasteiger partial charge in [0.25, 0.3) is 0 Å². The standard InChI is InChI=1S/C56H37N/c1-55(2)46-22-9-5-18-39(46)43-28-26-36(31-50(43)55)35-15-13-16-37(30-35)57-52-29-27-34-14-3-4-17-38(34)54(52)45-32-44-42-21-8-12-25-49(42)56(51(44)33-53(45)57)47-23-10-6-19-40(47)41-20-7-11-24-48(41)56/h3-33H,1-2H3. The second-order valence-corrected chi connectivity index (χ2v) is 16.8. The molecule has 3 aliphatic rings. The van der Waals surface area contributed by atoms with Crippen LogP contribution in [0.25, 0.3) is 82.8 Å². The molecule has 0 fully saturated rings. The molecule has 1 spiro atoms. The summed E-state index contributed by atoms with van der Waals surface area (Å²) in [5.74, 6) is 0. The van der Waals surface area contributed by atoms with Crippen LogP contribution in [0.5, 0.6) is 0 Å². The van der Waals surface area contributed by atoms with E-state index in [1.807, 2.05) is 0 Å². The summed E-state index contributed by atoms with van der Waals surface area (Å²) >= 11 is 0. The fourth-order valence-corrected chi connectivity index (χ4v) is 11.4. The van der Waals surface area contributed by atoms with Crippen molar-refractivity contribution in [1.82, 2.24) is 4.57 Å². The first-order valence-corrected chi connectivity index (χ1v) is 20.2. The Bertz CT molecular complexity index is 3340. The lowest BCUT2D eigenvalue weighted by Gasteiger charge is -2.30. The molecular formula is C56H37N. The predicted octanol–water partition coefficient (Wildman–Crippen LogP) is 14.3. The molecule has 266 valence electrons. The first-order chi connectivity index (χ1) is 28.0. The zero-order valence-electron chi connectivity index (χ0n) is 31.8. The van der Waals surface area contributed by atoms with Gasteiger partial charge in [-0.1, -0.05) is 166 Å². The number of fused-ring (bicyclic) bond motifs is 18. The molecule has 0 aliphatic heterocycles.